The summed E-state index contributed by atoms with van der Waals surface area (Å²) in [5, 5.41) is 8.84. The molecule has 0 bridgehead atoms. The van der Waals surface area contributed by atoms with E-state index in [1.165, 1.54) is 154 Å². The Bertz CT molecular complexity index is 983. The van der Waals surface area contributed by atoms with Gasteiger partial charge in [-0.25, -0.2) is 4.79 Å². The summed E-state index contributed by atoms with van der Waals surface area (Å²) in [6, 6.07) is 0. The molecule has 412 valence electrons. The molecule has 1 aliphatic carbocycles. The number of piperidine rings is 1. The average Bonchev–Trinajstić information content (AvgIpc) is 4.24. The number of rotatable bonds is 44. The molecule has 1 N–H and O–H groups in total. The summed E-state index contributed by atoms with van der Waals surface area (Å²) in [5.41, 5.74) is 0. The lowest BCUT2D eigenvalue weighted by atomic mass is 10.0. The maximum Gasteiger partial charge on any atom is 0.409 e. The Morgan fingerprint density at radius 1 is 0.522 bits per heavy atom. The highest BCUT2D eigenvalue weighted by Crippen LogP contribution is 2.17. The van der Waals surface area contributed by atoms with Crippen LogP contribution in [0, 0.1) is 5.92 Å². The molecule has 69 heavy (non-hydrogen) atoms. The van der Waals surface area contributed by atoms with E-state index >= 15 is 0 Å². The number of amides is 1. The number of carbonyl (C=O) groups excluding carboxylic acids is 2. The summed E-state index contributed by atoms with van der Waals surface area (Å²) in [6.07, 6.45) is 38.8. The molecular formula is C58H116N2O9. The van der Waals surface area contributed by atoms with Gasteiger partial charge in [-0.1, -0.05) is 196 Å². The van der Waals surface area contributed by atoms with E-state index in [-0.39, 0.29) is 30.9 Å². The number of ether oxygens (including phenoxy) is 5. The molecular weight excluding hydrogens is 869 g/mol. The number of nitrogens with zero attached hydrogens (tertiary/aromatic N) is 2. The van der Waals surface area contributed by atoms with Crippen LogP contribution in [0.2, 0.25) is 0 Å². The van der Waals surface area contributed by atoms with Gasteiger partial charge in [0.1, 0.15) is 5.78 Å². The molecule has 1 saturated heterocycles. The third-order valence-electron chi connectivity index (χ3n) is 12.5. The number of hydrogen-bond acceptors (Lipinski definition) is 9. The number of likely N-dealkylation sites (tertiary alicyclic amines) is 1. The fourth-order valence-corrected chi connectivity index (χ4v) is 7.81. The molecule has 0 aromatic heterocycles. The van der Waals surface area contributed by atoms with Crippen LogP contribution in [0.4, 0.5) is 4.79 Å². The molecule has 11 heteroatoms. The molecule has 2 aliphatic rings. The van der Waals surface area contributed by atoms with Gasteiger partial charge in [-0.3, -0.25) is 4.79 Å². The quantitative estimate of drug-likeness (QED) is 0.0466. The van der Waals surface area contributed by atoms with E-state index in [4.69, 9.17) is 28.8 Å². The van der Waals surface area contributed by atoms with Gasteiger partial charge < -0.3 is 43.4 Å². The zero-order chi connectivity index (χ0) is 51.3. The first-order chi connectivity index (χ1) is 33.6. The number of ketones is 1. The molecule has 1 unspecified atom stereocenters. The molecule has 0 spiro atoms. The van der Waals surface area contributed by atoms with Gasteiger partial charge in [0.25, 0.3) is 0 Å². The van der Waals surface area contributed by atoms with Crippen molar-refractivity contribution < 1.29 is 43.2 Å². The summed E-state index contributed by atoms with van der Waals surface area (Å²) in [7, 11) is 0. The standard InChI is InChI=1S/C21H42O3.C20H40O4.C14H28N2O2.C3H6/c1-4-6-8-10-12-14-18-23-21(17-16-20(3)22)24-19-15-13-11-9-7-5-2;1-3-5-7-9-11-13-17-23-20(16-15-19(21)22)24-18-14-12-10-8-6-4-2;1-4-15(5-2)9-7-11-18-14(17)16-10-6-8-13(3)12-16;1-2-3-1/h21H,4-19H2,1-3H3;20H,3-18H2,1-2H3,(H,21,22);13H,4-12H2,1-3H3;1-3H2. The van der Waals surface area contributed by atoms with Crippen molar-refractivity contribution >= 4 is 17.8 Å². The average molecular weight is 986 g/mol. The van der Waals surface area contributed by atoms with Crippen LogP contribution < -0.4 is 0 Å². The van der Waals surface area contributed by atoms with E-state index in [1.54, 1.807) is 6.92 Å². The monoisotopic (exact) mass is 985 g/mol. The summed E-state index contributed by atoms with van der Waals surface area (Å²) in [6.45, 7) is 25.3. The zero-order valence-corrected chi connectivity index (χ0v) is 47.0. The van der Waals surface area contributed by atoms with Crippen molar-refractivity contribution in [3.8, 4) is 0 Å². The maximum absolute atomic E-state index is 11.8. The van der Waals surface area contributed by atoms with Crippen molar-refractivity contribution in [1.29, 1.82) is 0 Å². The number of carboxylic acids is 1. The van der Waals surface area contributed by atoms with Gasteiger partial charge in [-0.2, -0.15) is 0 Å². The molecule has 11 nitrogen and oxygen atoms in total. The van der Waals surface area contributed by atoms with Gasteiger partial charge in [-0.15, -0.1) is 0 Å². The summed E-state index contributed by atoms with van der Waals surface area (Å²) in [5.74, 6) is 0.0413. The van der Waals surface area contributed by atoms with Crippen molar-refractivity contribution in [3.63, 3.8) is 0 Å². The zero-order valence-electron chi connectivity index (χ0n) is 47.0. The number of carboxylic acid groups (broad SMARTS) is 1. The first-order valence-corrected chi connectivity index (χ1v) is 29.4. The van der Waals surface area contributed by atoms with E-state index < -0.39 is 5.97 Å². The van der Waals surface area contributed by atoms with E-state index in [0.29, 0.717) is 45.0 Å². The Balaban J connectivity index is 0. The van der Waals surface area contributed by atoms with Crippen molar-refractivity contribution in [2.24, 2.45) is 5.92 Å². The Kier molecular flexibility index (Phi) is 55.8. The number of aliphatic carboxylic acids is 1. The molecule has 1 amide bonds. The minimum absolute atomic E-state index is 0.109. The van der Waals surface area contributed by atoms with E-state index in [0.717, 1.165) is 84.5 Å². The number of unbranched alkanes of at least 4 members (excludes halogenated alkanes) is 20. The first-order valence-electron chi connectivity index (χ1n) is 29.4. The Labute approximate surface area is 427 Å². The maximum atomic E-state index is 11.8. The summed E-state index contributed by atoms with van der Waals surface area (Å²) < 4.78 is 28.6. The lowest BCUT2D eigenvalue weighted by Crippen LogP contribution is -2.39. The highest BCUT2D eigenvalue weighted by molar-refractivity contribution is 5.75. The third-order valence-corrected chi connectivity index (χ3v) is 12.5. The number of hydrogen-bond donors (Lipinski definition) is 1. The lowest BCUT2D eigenvalue weighted by Gasteiger charge is -2.30. The van der Waals surface area contributed by atoms with Crippen LogP contribution in [0.5, 0.6) is 0 Å². The van der Waals surface area contributed by atoms with Crippen molar-refractivity contribution in [1.82, 2.24) is 9.80 Å². The van der Waals surface area contributed by atoms with Crippen LogP contribution in [-0.4, -0.2) is 111 Å². The lowest BCUT2D eigenvalue weighted by molar-refractivity contribution is -0.156. The molecule has 1 atom stereocenters. The van der Waals surface area contributed by atoms with Crippen LogP contribution >= 0.6 is 0 Å². The molecule has 2 rings (SSSR count). The van der Waals surface area contributed by atoms with Gasteiger partial charge in [0.15, 0.2) is 12.6 Å². The Morgan fingerprint density at radius 3 is 1.23 bits per heavy atom. The number of carbonyl (C=O) groups is 3. The molecule has 1 aliphatic heterocycles. The SMILES string of the molecule is C1CC1.CCCCCCCCOC(CCC(=O)O)OCCCCCCCC.CCCCCCCCOC(CCC(C)=O)OCCCCCCCC.CCN(CC)CCCOC(=O)N1CCCC(C)C1. The number of Topliss-reactive ketones (excluding diaryl/α,β-unsaturated/α-hetero) is 1. The highest BCUT2D eigenvalue weighted by Gasteiger charge is 2.22. The fraction of sp³-hybridized carbons (Fsp3) is 0.948. The highest BCUT2D eigenvalue weighted by atomic mass is 16.7. The minimum Gasteiger partial charge on any atom is -0.481 e. The Morgan fingerprint density at radius 2 is 0.899 bits per heavy atom. The van der Waals surface area contributed by atoms with Gasteiger partial charge in [0, 0.05) is 65.3 Å². The summed E-state index contributed by atoms with van der Waals surface area (Å²) >= 11 is 0. The minimum atomic E-state index is -0.786. The molecule has 1 saturated carbocycles. The van der Waals surface area contributed by atoms with Crippen LogP contribution in [0.15, 0.2) is 0 Å². The largest absolute Gasteiger partial charge is 0.481 e. The van der Waals surface area contributed by atoms with Crippen molar-refractivity contribution in [3.05, 3.63) is 0 Å². The smallest absolute Gasteiger partial charge is 0.409 e. The first kappa shape index (κ1) is 69.3. The second kappa shape index (κ2) is 55.5. The van der Waals surface area contributed by atoms with Crippen LogP contribution in [0.1, 0.15) is 274 Å². The molecule has 2 fully saturated rings. The van der Waals surface area contributed by atoms with Gasteiger partial charge in [-0.05, 0) is 70.9 Å². The van der Waals surface area contributed by atoms with E-state index in [1.807, 2.05) is 4.90 Å². The second-order valence-electron chi connectivity index (χ2n) is 19.8. The molecule has 0 radical (unpaired) electrons. The molecule has 1 heterocycles. The van der Waals surface area contributed by atoms with Gasteiger partial charge >= 0.3 is 12.1 Å². The van der Waals surface area contributed by atoms with Crippen LogP contribution in [-0.2, 0) is 33.3 Å². The van der Waals surface area contributed by atoms with Crippen LogP contribution in [0.25, 0.3) is 0 Å². The predicted octanol–water partition coefficient (Wildman–Crippen LogP) is 16.1. The third kappa shape index (κ3) is 55.4. The topological polar surface area (TPSA) is 124 Å². The van der Waals surface area contributed by atoms with E-state index in [2.05, 4.69) is 53.4 Å². The normalized spacial score (nSPS) is 14.2. The fourth-order valence-electron chi connectivity index (χ4n) is 7.81. The second-order valence-corrected chi connectivity index (χ2v) is 19.8. The van der Waals surface area contributed by atoms with Crippen molar-refractivity contribution in [2.75, 3.05) is 65.8 Å². The van der Waals surface area contributed by atoms with Gasteiger partial charge in [0.2, 0.25) is 0 Å². The van der Waals surface area contributed by atoms with Gasteiger partial charge in [0.05, 0.1) is 13.0 Å². The molecule has 0 aromatic carbocycles. The summed E-state index contributed by atoms with van der Waals surface area (Å²) in [4.78, 5) is 38.0. The van der Waals surface area contributed by atoms with Crippen LogP contribution in [0.3, 0.4) is 0 Å². The Hall–Kier alpha value is -1.79. The van der Waals surface area contributed by atoms with E-state index in [9.17, 15) is 14.4 Å². The van der Waals surface area contributed by atoms with Crippen molar-refractivity contribution in [2.45, 2.75) is 286 Å². The predicted molar refractivity (Wildman–Crippen MR) is 289 cm³/mol. The molecule has 0 aromatic rings.